The number of nitrogens with one attached hydrogen (secondary N) is 4. The molecule has 2 aromatic heterocycles. The number of fused-ring (bicyclic) bond motifs is 2. The van der Waals surface area contributed by atoms with E-state index in [1.807, 2.05) is 0 Å². The number of benzene rings is 2. The van der Waals surface area contributed by atoms with Crippen molar-refractivity contribution in [2.75, 3.05) is 13.1 Å². The van der Waals surface area contributed by atoms with Crippen molar-refractivity contribution in [3.63, 3.8) is 0 Å². The van der Waals surface area contributed by atoms with Crippen LogP contribution < -0.4 is 21.8 Å². The van der Waals surface area contributed by atoms with Crippen molar-refractivity contribution >= 4 is 68.4 Å². The third-order valence-corrected chi connectivity index (χ3v) is 10.5. The fourth-order valence-corrected chi connectivity index (χ4v) is 7.89. The fraction of sp³-hybridized carbons (Fsp3) is 0.353. The average molecular weight is 724 g/mol. The number of piperidine rings is 2. The summed E-state index contributed by atoms with van der Waals surface area (Å²) in [7, 11) is 0. The zero-order valence-electron chi connectivity index (χ0n) is 26.3. The molecule has 3 fully saturated rings. The van der Waals surface area contributed by atoms with Crippen LogP contribution in [-0.2, 0) is 9.59 Å². The van der Waals surface area contributed by atoms with Gasteiger partial charge in [-0.2, -0.15) is 0 Å². The minimum Gasteiger partial charge on any atom is -0.505 e. The molecule has 4 aromatic rings. The normalized spacial score (nSPS) is 25.7. The van der Waals surface area contributed by atoms with Gasteiger partial charge < -0.3 is 40.6 Å². The molecule has 5 heterocycles. The Labute approximate surface area is 293 Å². The molecule has 3 saturated heterocycles. The second-order valence-electron chi connectivity index (χ2n) is 12.8. The molecule has 260 valence electrons. The van der Waals surface area contributed by atoms with Gasteiger partial charge in [0.05, 0.1) is 33.6 Å². The number of aromatic amines is 2. The smallest absolute Gasteiger partial charge is 0.274 e. The molecule has 7 rings (SSSR count). The van der Waals surface area contributed by atoms with Gasteiger partial charge >= 0.3 is 0 Å². The largest absolute Gasteiger partial charge is 0.505 e. The molecule has 0 aliphatic carbocycles. The van der Waals surface area contributed by atoms with Crippen molar-refractivity contribution in [2.45, 2.75) is 60.6 Å². The quantitative estimate of drug-likeness (QED) is 0.171. The van der Waals surface area contributed by atoms with Crippen LogP contribution in [0.3, 0.4) is 0 Å². The number of aromatic nitrogens is 2. The zero-order valence-corrected chi connectivity index (χ0v) is 27.8. The summed E-state index contributed by atoms with van der Waals surface area (Å²) >= 11 is 12.9. The first kappa shape index (κ1) is 33.4. The van der Waals surface area contributed by atoms with E-state index in [2.05, 4.69) is 20.6 Å². The Bertz CT molecular complexity index is 2040. The van der Waals surface area contributed by atoms with Crippen LogP contribution >= 0.6 is 23.2 Å². The summed E-state index contributed by atoms with van der Waals surface area (Å²) in [4.78, 5) is 88.5. The van der Waals surface area contributed by atoms with E-state index in [9.17, 15) is 39.0 Å². The highest BCUT2D eigenvalue weighted by Crippen LogP contribution is 2.33. The number of carbonyl (C=O) groups is 4. The fourth-order valence-electron chi connectivity index (χ4n) is 7.34. The molecule has 2 aromatic carbocycles. The summed E-state index contributed by atoms with van der Waals surface area (Å²) in [5, 5.41) is 27.2. The van der Waals surface area contributed by atoms with Crippen molar-refractivity contribution in [2.24, 2.45) is 0 Å². The number of amides is 4. The van der Waals surface area contributed by atoms with Crippen molar-refractivity contribution in [3.05, 3.63) is 80.6 Å². The van der Waals surface area contributed by atoms with Gasteiger partial charge in [0, 0.05) is 23.9 Å². The Hall–Kier alpha value is -5.08. The molecule has 6 atom stereocenters. The molecule has 50 heavy (non-hydrogen) atoms. The Morgan fingerprint density at radius 3 is 1.34 bits per heavy atom. The number of rotatable bonds is 4. The Morgan fingerprint density at radius 1 is 0.600 bits per heavy atom. The number of hydrogen-bond acceptors (Lipinski definition) is 8. The first-order valence-corrected chi connectivity index (χ1v) is 17.0. The monoisotopic (exact) mass is 722 g/mol. The van der Waals surface area contributed by atoms with Crippen LogP contribution in [0.5, 0.6) is 11.5 Å². The SMILES string of the molecule is O=C1NC(C2CCC(Cl)CN2C(=O)c2[nH]c(=O)c3ccccc3c2O)C(=O)NC1C1CCC(Cl)CN1C(=O)c1[nH]c(=O)c2ccccc2c1O. The Balaban J connectivity index is 1.16. The molecule has 4 amide bonds. The number of alkyl halides is 2. The topological polar surface area (TPSA) is 205 Å². The molecule has 0 radical (unpaired) electrons. The third-order valence-electron chi connectivity index (χ3n) is 9.83. The lowest BCUT2D eigenvalue weighted by atomic mass is 9.88. The summed E-state index contributed by atoms with van der Waals surface area (Å²) in [5.74, 6) is -3.65. The van der Waals surface area contributed by atoms with Gasteiger partial charge in [-0.1, -0.05) is 36.4 Å². The number of carbonyl (C=O) groups excluding carboxylic acids is 4. The number of piperazine rings is 1. The summed E-state index contributed by atoms with van der Waals surface area (Å²) < 4.78 is 0. The molecule has 0 saturated carbocycles. The number of pyridine rings is 2. The second kappa shape index (κ2) is 13.0. The molecule has 0 spiro atoms. The number of aromatic hydroxyl groups is 2. The van der Waals surface area contributed by atoms with E-state index < -0.39 is 81.2 Å². The highest BCUT2D eigenvalue weighted by Gasteiger charge is 2.49. The summed E-state index contributed by atoms with van der Waals surface area (Å²) in [5.41, 5.74) is -1.91. The van der Waals surface area contributed by atoms with E-state index in [1.54, 1.807) is 24.3 Å². The zero-order chi connectivity index (χ0) is 35.4. The summed E-state index contributed by atoms with van der Waals surface area (Å²) in [6.07, 6.45) is 1.26. The second-order valence-corrected chi connectivity index (χ2v) is 14.1. The van der Waals surface area contributed by atoms with E-state index >= 15 is 0 Å². The first-order chi connectivity index (χ1) is 23.9. The molecule has 3 aliphatic heterocycles. The molecular weight excluding hydrogens is 691 g/mol. The van der Waals surface area contributed by atoms with Crippen LogP contribution in [0, 0.1) is 0 Å². The van der Waals surface area contributed by atoms with Gasteiger partial charge in [-0.25, -0.2) is 0 Å². The van der Waals surface area contributed by atoms with Gasteiger partial charge in [0.2, 0.25) is 11.8 Å². The lowest BCUT2D eigenvalue weighted by Gasteiger charge is -2.46. The van der Waals surface area contributed by atoms with Gasteiger partial charge in [-0.15, -0.1) is 23.2 Å². The average Bonchev–Trinajstić information content (AvgIpc) is 3.11. The number of nitrogens with zero attached hydrogens (tertiary/aromatic N) is 2. The summed E-state index contributed by atoms with van der Waals surface area (Å²) in [6.45, 7) is -0.0597. The van der Waals surface area contributed by atoms with E-state index in [1.165, 1.54) is 34.1 Å². The maximum absolute atomic E-state index is 13.9. The Kier molecular flexibility index (Phi) is 8.68. The van der Waals surface area contributed by atoms with Crippen molar-refractivity contribution in [1.82, 2.24) is 30.4 Å². The molecule has 16 heteroatoms. The minimum atomic E-state index is -1.23. The number of halogens is 2. The van der Waals surface area contributed by atoms with Crippen molar-refractivity contribution in [1.29, 1.82) is 0 Å². The standard InChI is InChI=1S/C34H32Cl2N6O8/c35-15-9-11-21(41(13-15)33(49)25-27(43)17-5-1-3-7-19(17)29(45)39-25)23-31(47)38-24(32(48)37-23)22-12-10-16(36)14-42(22)34(50)26-28(44)18-6-2-4-8-20(18)30(46)40-26/h1-8,15-16,21-24,43-44H,9-14H2,(H,37,48)(H,38,47)(H,39,45)(H,40,46). The summed E-state index contributed by atoms with van der Waals surface area (Å²) in [6, 6.07) is 8.28. The van der Waals surface area contributed by atoms with E-state index in [4.69, 9.17) is 23.2 Å². The van der Waals surface area contributed by atoms with Gasteiger partial charge in [0.15, 0.2) is 11.5 Å². The number of hydrogen-bond donors (Lipinski definition) is 6. The van der Waals surface area contributed by atoms with Gasteiger partial charge in [0.25, 0.3) is 22.9 Å². The third kappa shape index (κ3) is 5.71. The number of H-pyrrole nitrogens is 2. The van der Waals surface area contributed by atoms with Crippen LogP contribution in [0.1, 0.15) is 46.7 Å². The highest BCUT2D eigenvalue weighted by atomic mass is 35.5. The maximum atomic E-state index is 13.9. The molecule has 14 nitrogen and oxygen atoms in total. The lowest BCUT2D eigenvalue weighted by molar-refractivity contribution is -0.140. The number of likely N-dealkylation sites (tertiary alicyclic amines) is 2. The van der Waals surface area contributed by atoms with Crippen LogP contribution in [0.15, 0.2) is 58.1 Å². The van der Waals surface area contributed by atoms with E-state index in [0.717, 1.165) is 0 Å². The van der Waals surface area contributed by atoms with Crippen LogP contribution in [0.2, 0.25) is 0 Å². The minimum absolute atomic E-state index is 0.0299. The van der Waals surface area contributed by atoms with E-state index in [-0.39, 0.29) is 58.9 Å². The molecule has 6 unspecified atom stereocenters. The van der Waals surface area contributed by atoms with Crippen LogP contribution in [0.4, 0.5) is 0 Å². The predicted molar refractivity (Wildman–Crippen MR) is 184 cm³/mol. The maximum Gasteiger partial charge on any atom is 0.274 e. The van der Waals surface area contributed by atoms with Crippen molar-refractivity contribution in [3.8, 4) is 11.5 Å². The van der Waals surface area contributed by atoms with Crippen LogP contribution in [0.25, 0.3) is 21.5 Å². The predicted octanol–water partition coefficient (Wildman–Crippen LogP) is 1.89. The Morgan fingerprint density at radius 2 is 0.960 bits per heavy atom. The molecular formula is C34H32Cl2N6O8. The van der Waals surface area contributed by atoms with E-state index in [0.29, 0.717) is 12.8 Å². The van der Waals surface area contributed by atoms with Gasteiger partial charge in [-0.3, -0.25) is 28.8 Å². The first-order valence-electron chi connectivity index (χ1n) is 16.1. The van der Waals surface area contributed by atoms with Gasteiger partial charge in [0.1, 0.15) is 23.5 Å². The molecule has 0 bridgehead atoms. The lowest BCUT2D eigenvalue weighted by Crippen LogP contribution is -2.73. The van der Waals surface area contributed by atoms with Crippen LogP contribution in [-0.4, -0.2) is 102 Å². The van der Waals surface area contributed by atoms with Crippen molar-refractivity contribution < 1.29 is 29.4 Å². The van der Waals surface area contributed by atoms with Gasteiger partial charge in [-0.05, 0) is 37.8 Å². The molecule has 6 N–H and O–H groups in total. The molecule has 3 aliphatic rings. The highest BCUT2D eigenvalue weighted by molar-refractivity contribution is 6.21.